The molecule has 1 aliphatic rings. The molecule has 7 heteroatoms. The highest BCUT2D eigenvalue weighted by atomic mass is 16.7. The number of nitrogens with one attached hydrogen (secondary N) is 1. The number of rotatable bonds is 4. The highest BCUT2D eigenvalue weighted by Crippen LogP contribution is 2.32. The number of nitrogens with zero attached hydrogens (tertiary/aromatic N) is 2. The van der Waals surface area contributed by atoms with Gasteiger partial charge in [0.2, 0.25) is 6.79 Å². The standard InChI is InChI=1S/C14H13N3O4/c1-2-19-14-15-6-10(7-16-14)17-13(18)9-3-4-11-12(5-9)21-8-20-11/h3-7H,2,8H2,1H3,(H,17,18). The van der Waals surface area contributed by atoms with Crippen molar-refractivity contribution in [2.75, 3.05) is 18.7 Å². The lowest BCUT2D eigenvalue weighted by atomic mass is 10.2. The van der Waals surface area contributed by atoms with Crippen molar-refractivity contribution in [3.63, 3.8) is 0 Å². The number of carbonyl (C=O) groups excluding carboxylic acids is 1. The lowest BCUT2D eigenvalue weighted by Gasteiger charge is -2.06. The number of anilines is 1. The van der Waals surface area contributed by atoms with Crippen molar-refractivity contribution in [2.45, 2.75) is 6.92 Å². The van der Waals surface area contributed by atoms with Gasteiger partial charge in [-0.15, -0.1) is 0 Å². The number of ether oxygens (including phenoxy) is 3. The smallest absolute Gasteiger partial charge is 0.316 e. The molecule has 21 heavy (non-hydrogen) atoms. The fourth-order valence-corrected chi connectivity index (χ4v) is 1.83. The molecule has 1 aromatic heterocycles. The van der Waals surface area contributed by atoms with Crippen LogP contribution in [0.15, 0.2) is 30.6 Å². The number of aromatic nitrogens is 2. The van der Waals surface area contributed by atoms with Crippen LogP contribution in [0.3, 0.4) is 0 Å². The first-order valence-corrected chi connectivity index (χ1v) is 6.42. The van der Waals surface area contributed by atoms with Crippen LogP contribution in [-0.4, -0.2) is 29.3 Å². The maximum Gasteiger partial charge on any atom is 0.316 e. The Morgan fingerprint density at radius 1 is 1.29 bits per heavy atom. The fraction of sp³-hybridized carbons (Fsp3) is 0.214. The second kappa shape index (κ2) is 5.66. The van der Waals surface area contributed by atoms with Crippen molar-refractivity contribution < 1.29 is 19.0 Å². The van der Waals surface area contributed by atoms with Crippen molar-refractivity contribution in [2.24, 2.45) is 0 Å². The SMILES string of the molecule is CCOc1ncc(NC(=O)c2ccc3c(c2)OCO3)cn1. The van der Waals surface area contributed by atoms with Gasteiger partial charge < -0.3 is 19.5 Å². The maximum atomic E-state index is 12.1. The summed E-state index contributed by atoms with van der Waals surface area (Å²) >= 11 is 0. The number of fused-ring (bicyclic) bond motifs is 1. The van der Waals surface area contributed by atoms with E-state index in [0.29, 0.717) is 29.4 Å². The fourth-order valence-electron chi connectivity index (χ4n) is 1.83. The summed E-state index contributed by atoms with van der Waals surface area (Å²) in [6.45, 7) is 2.51. The van der Waals surface area contributed by atoms with Crippen LogP contribution in [-0.2, 0) is 0 Å². The van der Waals surface area contributed by atoms with Crippen molar-refractivity contribution >= 4 is 11.6 Å². The summed E-state index contributed by atoms with van der Waals surface area (Å²) in [6, 6.07) is 5.27. The summed E-state index contributed by atoms with van der Waals surface area (Å²) in [6.07, 6.45) is 2.98. The summed E-state index contributed by atoms with van der Waals surface area (Å²) in [4.78, 5) is 20.1. The molecule has 1 aromatic carbocycles. The first kappa shape index (κ1) is 13.2. The number of benzene rings is 1. The van der Waals surface area contributed by atoms with Gasteiger partial charge in [-0.3, -0.25) is 4.79 Å². The first-order valence-electron chi connectivity index (χ1n) is 6.42. The molecule has 108 valence electrons. The van der Waals surface area contributed by atoms with E-state index in [2.05, 4.69) is 15.3 Å². The predicted octanol–water partition coefficient (Wildman–Crippen LogP) is 1.86. The highest BCUT2D eigenvalue weighted by Gasteiger charge is 2.16. The largest absolute Gasteiger partial charge is 0.464 e. The topological polar surface area (TPSA) is 82.6 Å². The molecular weight excluding hydrogens is 274 g/mol. The molecule has 0 atom stereocenters. The molecule has 3 rings (SSSR count). The maximum absolute atomic E-state index is 12.1. The minimum absolute atomic E-state index is 0.174. The third kappa shape index (κ3) is 2.86. The van der Waals surface area contributed by atoms with Crippen molar-refractivity contribution in [3.8, 4) is 17.5 Å². The zero-order chi connectivity index (χ0) is 14.7. The van der Waals surface area contributed by atoms with Crippen LogP contribution < -0.4 is 19.5 Å². The van der Waals surface area contributed by atoms with E-state index in [1.807, 2.05) is 6.92 Å². The molecule has 7 nitrogen and oxygen atoms in total. The quantitative estimate of drug-likeness (QED) is 0.924. The van der Waals surface area contributed by atoms with E-state index in [1.165, 1.54) is 12.4 Å². The molecule has 2 heterocycles. The molecule has 0 unspecified atom stereocenters. The molecule has 0 aliphatic carbocycles. The lowest BCUT2D eigenvalue weighted by Crippen LogP contribution is -2.12. The summed E-state index contributed by atoms with van der Waals surface area (Å²) in [7, 11) is 0. The van der Waals surface area contributed by atoms with Gasteiger partial charge in [0.15, 0.2) is 11.5 Å². The first-order chi connectivity index (χ1) is 10.3. The van der Waals surface area contributed by atoms with Crippen LogP contribution in [0, 0.1) is 0 Å². The number of hydrogen-bond donors (Lipinski definition) is 1. The van der Waals surface area contributed by atoms with Crippen molar-refractivity contribution in [3.05, 3.63) is 36.2 Å². The Morgan fingerprint density at radius 3 is 2.81 bits per heavy atom. The molecule has 1 N–H and O–H groups in total. The van der Waals surface area contributed by atoms with Crippen LogP contribution in [0.2, 0.25) is 0 Å². The third-order valence-corrected chi connectivity index (χ3v) is 2.79. The van der Waals surface area contributed by atoms with E-state index in [-0.39, 0.29) is 18.7 Å². The minimum Gasteiger partial charge on any atom is -0.464 e. The minimum atomic E-state index is -0.277. The molecule has 0 fully saturated rings. The average molecular weight is 287 g/mol. The van der Waals surface area contributed by atoms with Crippen LogP contribution in [0.1, 0.15) is 17.3 Å². The van der Waals surface area contributed by atoms with Crippen LogP contribution in [0.25, 0.3) is 0 Å². The molecule has 0 saturated carbocycles. The zero-order valence-electron chi connectivity index (χ0n) is 11.3. The Bertz CT molecular complexity index is 658. The highest BCUT2D eigenvalue weighted by molar-refractivity contribution is 6.04. The van der Waals surface area contributed by atoms with Gasteiger partial charge in [-0.2, -0.15) is 0 Å². The van der Waals surface area contributed by atoms with E-state index in [1.54, 1.807) is 18.2 Å². The third-order valence-electron chi connectivity index (χ3n) is 2.79. The molecule has 0 bridgehead atoms. The Kier molecular flexibility index (Phi) is 3.55. The van der Waals surface area contributed by atoms with Crippen molar-refractivity contribution in [1.82, 2.24) is 9.97 Å². The van der Waals surface area contributed by atoms with Crippen LogP contribution in [0.5, 0.6) is 17.5 Å². The Labute approximate surface area is 120 Å². The van der Waals surface area contributed by atoms with Gasteiger partial charge in [-0.05, 0) is 25.1 Å². The van der Waals surface area contributed by atoms with E-state index < -0.39 is 0 Å². The summed E-state index contributed by atoms with van der Waals surface area (Å²) in [5.41, 5.74) is 0.953. The van der Waals surface area contributed by atoms with Gasteiger partial charge in [-0.1, -0.05) is 0 Å². The number of amides is 1. The molecule has 1 amide bonds. The van der Waals surface area contributed by atoms with E-state index in [9.17, 15) is 4.79 Å². The normalized spacial score (nSPS) is 12.0. The lowest BCUT2D eigenvalue weighted by molar-refractivity contribution is 0.102. The van der Waals surface area contributed by atoms with Gasteiger partial charge in [0.25, 0.3) is 5.91 Å². The van der Waals surface area contributed by atoms with E-state index in [4.69, 9.17) is 14.2 Å². The van der Waals surface area contributed by atoms with Gasteiger partial charge >= 0.3 is 6.01 Å². The molecule has 1 aliphatic heterocycles. The van der Waals surface area contributed by atoms with E-state index >= 15 is 0 Å². The second-order valence-corrected chi connectivity index (χ2v) is 4.21. The predicted molar refractivity (Wildman–Crippen MR) is 73.7 cm³/mol. The summed E-state index contributed by atoms with van der Waals surface area (Å²) in [5.74, 6) is 0.919. The van der Waals surface area contributed by atoms with E-state index in [0.717, 1.165) is 0 Å². The Morgan fingerprint density at radius 2 is 2.05 bits per heavy atom. The number of carbonyl (C=O) groups is 1. The zero-order valence-corrected chi connectivity index (χ0v) is 11.3. The average Bonchev–Trinajstić information content (AvgIpc) is 2.97. The Balaban J connectivity index is 1.71. The molecule has 2 aromatic rings. The second-order valence-electron chi connectivity index (χ2n) is 4.21. The molecular formula is C14H13N3O4. The van der Waals surface area contributed by atoms with Crippen LogP contribution >= 0.6 is 0 Å². The summed E-state index contributed by atoms with van der Waals surface area (Å²) in [5, 5.41) is 2.70. The van der Waals surface area contributed by atoms with Gasteiger partial charge in [0.1, 0.15) is 0 Å². The monoisotopic (exact) mass is 287 g/mol. The molecule has 0 radical (unpaired) electrons. The van der Waals surface area contributed by atoms with Crippen LogP contribution in [0.4, 0.5) is 5.69 Å². The molecule has 0 saturated heterocycles. The molecule has 0 spiro atoms. The Hall–Kier alpha value is -2.83. The number of hydrogen-bond acceptors (Lipinski definition) is 6. The van der Waals surface area contributed by atoms with Gasteiger partial charge in [0.05, 0.1) is 24.7 Å². The summed E-state index contributed by atoms with van der Waals surface area (Å²) < 4.78 is 15.6. The van der Waals surface area contributed by atoms with Gasteiger partial charge in [-0.25, -0.2) is 9.97 Å². The van der Waals surface area contributed by atoms with Gasteiger partial charge in [0, 0.05) is 5.56 Å². The van der Waals surface area contributed by atoms with Crippen molar-refractivity contribution in [1.29, 1.82) is 0 Å².